The van der Waals surface area contributed by atoms with E-state index >= 15 is 0 Å². The van der Waals surface area contributed by atoms with Crippen molar-refractivity contribution in [3.8, 4) is 0 Å². The molecule has 1 saturated carbocycles. The highest BCUT2D eigenvalue weighted by atomic mass is 16.2. The van der Waals surface area contributed by atoms with Crippen LogP contribution in [-0.4, -0.2) is 34.9 Å². The van der Waals surface area contributed by atoms with Gasteiger partial charge in [-0.05, 0) is 51.2 Å². The molecule has 1 amide bonds. The van der Waals surface area contributed by atoms with Crippen LogP contribution in [0.1, 0.15) is 56.1 Å². The van der Waals surface area contributed by atoms with Gasteiger partial charge in [-0.25, -0.2) is 4.98 Å². The Balaban J connectivity index is 2.15. The van der Waals surface area contributed by atoms with E-state index in [2.05, 4.69) is 29.0 Å². The van der Waals surface area contributed by atoms with E-state index in [0.29, 0.717) is 12.0 Å². The number of aromatic nitrogens is 1. The van der Waals surface area contributed by atoms with Crippen LogP contribution in [0.5, 0.6) is 0 Å². The predicted molar refractivity (Wildman–Crippen MR) is 86.7 cm³/mol. The van der Waals surface area contributed by atoms with Crippen LogP contribution >= 0.6 is 0 Å². The first-order valence-electron chi connectivity index (χ1n) is 8.04. The summed E-state index contributed by atoms with van der Waals surface area (Å²) in [5.41, 5.74) is 1.64. The van der Waals surface area contributed by atoms with Crippen LogP contribution in [-0.2, 0) is 0 Å². The third-order valence-electron chi connectivity index (χ3n) is 3.75. The fourth-order valence-corrected chi connectivity index (χ4v) is 2.46. The van der Waals surface area contributed by atoms with E-state index in [9.17, 15) is 4.79 Å². The van der Waals surface area contributed by atoms with Crippen molar-refractivity contribution in [1.29, 1.82) is 0 Å². The van der Waals surface area contributed by atoms with E-state index in [1.807, 2.05) is 26.0 Å². The Morgan fingerprint density at radius 2 is 2.14 bits per heavy atom. The quantitative estimate of drug-likeness (QED) is 0.836. The van der Waals surface area contributed by atoms with Crippen LogP contribution in [0.2, 0.25) is 0 Å². The molecule has 1 aliphatic carbocycles. The first-order valence-corrected chi connectivity index (χ1v) is 8.04. The molecule has 21 heavy (non-hydrogen) atoms. The molecular weight excluding hydrogens is 262 g/mol. The number of hydrogen-bond acceptors (Lipinski definition) is 3. The average Bonchev–Trinajstić information content (AvgIpc) is 3.22. The Morgan fingerprint density at radius 1 is 1.43 bits per heavy atom. The standard InChI is InChI=1S/C17H27N3O/c1-5-18-16-11-14(10-13(4)19-16)17(21)20(15-6-7-15)9-8-12(2)3/h10-12,15H,5-9H2,1-4H3,(H,18,19). The van der Waals surface area contributed by atoms with Gasteiger partial charge in [0.15, 0.2) is 0 Å². The first kappa shape index (κ1) is 15.8. The Kier molecular flexibility index (Phi) is 5.21. The van der Waals surface area contributed by atoms with Gasteiger partial charge in [0.2, 0.25) is 0 Å². The van der Waals surface area contributed by atoms with Crippen LogP contribution in [0, 0.1) is 12.8 Å². The fourth-order valence-electron chi connectivity index (χ4n) is 2.46. The molecule has 0 unspecified atom stereocenters. The van der Waals surface area contributed by atoms with Crippen LogP contribution in [0.25, 0.3) is 0 Å². The number of nitrogens with zero attached hydrogens (tertiary/aromatic N) is 2. The minimum atomic E-state index is 0.155. The molecule has 1 N–H and O–H groups in total. The van der Waals surface area contributed by atoms with E-state index in [1.54, 1.807) is 0 Å². The van der Waals surface area contributed by atoms with Gasteiger partial charge in [-0.2, -0.15) is 0 Å². The number of rotatable bonds is 7. The summed E-state index contributed by atoms with van der Waals surface area (Å²) in [6.07, 6.45) is 3.36. The predicted octanol–water partition coefficient (Wildman–Crippen LogP) is 3.47. The molecule has 1 aliphatic rings. The highest BCUT2D eigenvalue weighted by molar-refractivity contribution is 5.95. The summed E-state index contributed by atoms with van der Waals surface area (Å²) in [6.45, 7) is 10.0. The largest absolute Gasteiger partial charge is 0.370 e. The molecular formula is C17H27N3O. The van der Waals surface area contributed by atoms with Crippen molar-refractivity contribution in [2.75, 3.05) is 18.4 Å². The molecule has 0 saturated heterocycles. The van der Waals surface area contributed by atoms with Gasteiger partial charge in [0, 0.05) is 30.4 Å². The highest BCUT2D eigenvalue weighted by Crippen LogP contribution is 2.29. The summed E-state index contributed by atoms with van der Waals surface area (Å²) in [4.78, 5) is 19.3. The second-order valence-electron chi connectivity index (χ2n) is 6.33. The summed E-state index contributed by atoms with van der Waals surface area (Å²) in [5.74, 6) is 1.57. The molecule has 0 radical (unpaired) electrons. The van der Waals surface area contributed by atoms with Gasteiger partial charge in [0.05, 0.1) is 0 Å². The molecule has 0 aliphatic heterocycles. The van der Waals surface area contributed by atoms with Gasteiger partial charge >= 0.3 is 0 Å². The summed E-state index contributed by atoms with van der Waals surface area (Å²) < 4.78 is 0. The normalized spacial score (nSPS) is 14.3. The summed E-state index contributed by atoms with van der Waals surface area (Å²) in [6, 6.07) is 4.23. The number of carbonyl (C=O) groups excluding carboxylic acids is 1. The van der Waals surface area contributed by atoms with E-state index in [4.69, 9.17) is 0 Å². The zero-order valence-electron chi connectivity index (χ0n) is 13.6. The van der Waals surface area contributed by atoms with Gasteiger partial charge < -0.3 is 10.2 Å². The van der Waals surface area contributed by atoms with E-state index in [1.165, 1.54) is 0 Å². The second-order valence-corrected chi connectivity index (χ2v) is 6.33. The van der Waals surface area contributed by atoms with Crippen LogP contribution in [0.15, 0.2) is 12.1 Å². The van der Waals surface area contributed by atoms with Gasteiger partial charge in [-0.1, -0.05) is 13.8 Å². The molecule has 0 spiro atoms. The van der Waals surface area contributed by atoms with Crippen molar-refractivity contribution in [3.63, 3.8) is 0 Å². The first-order chi connectivity index (χ1) is 10.0. The van der Waals surface area contributed by atoms with Crippen molar-refractivity contribution in [3.05, 3.63) is 23.4 Å². The minimum absolute atomic E-state index is 0.155. The lowest BCUT2D eigenvalue weighted by atomic mass is 10.1. The molecule has 1 aromatic rings. The van der Waals surface area contributed by atoms with E-state index < -0.39 is 0 Å². The SMILES string of the molecule is CCNc1cc(C(=O)N(CCC(C)C)C2CC2)cc(C)n1. The second kappa shape index (κ2) is 6.92. The van der Waals surface area contributed by atoms with Gasteiger partial charge in [-0.3, -0.25) is 4.79 Å². The lowest BCUT2D eigenvalue weighted by Crippen LogP contribution is -2.34. The Bertz CT molecular complexity index is 495. The van der Waals surface area contributed by atoms with Crippen LogP contribution in [0.3, 0.4) is 0 Å². The molecule has 0 atom stereocenters. The third-order valence-corrected chi connectivity index (χ3v) is 3.75. The molecule has 4 nitrogen and oxygen atoms in total. The molecule has 116 valence electrons. The number of pyridine rings is 1. The number of anilines is 1. The monoisotopic (exact) mass is 289 g/mol. The maximum atomic E-state index is 12.8. The zero-order valence-corrected chi connectivity index (χ0v) is 13.6. The summed E-state index contributed by atoms with van der Waals surface area (Å²) >= 11 is 0. The average molecular weight is 289 g/mol. The van der Waals surface area contributed by atoms with Gasteiger partial charge in [0.1, 0.15) is 5.82 Å². The van der Waals surface area contributed by atoms with Crippen LogP contribution < -0.4 is 5.32 Å². The molecule has 2 rings (SSSR count). The van der Waals surface area contributed by atoms with Gasteiger partial charge in [-0.15, -0.1) is 0 Å². The highest BCUT2D eigenvalue weighted by Gasteiger charge is 2.33. The Labute approximate surface area is 127 Å². The third kappa shape index (κ3) is 4.45. The topological polar surface area (TPSA) is 45.2 Å². The molecule has 0 bridgehead atoms. The Morgan fingerprint density at radius 3 is 2.71 bits per heavy atom. The summed E-state index contributed by atoms with van der Waals surface area (Å²) in [5, 5.41) is 3.20. The number of aryl methyl sites for hydroxylation is 1. The number of nitrogens with one attached hydrogen (secondary N) is 1. The smallest absolute Gasteiger partial charge is 0.254 e. The maximum Gasteiger partial charge on any atom is 0.254 e. The van der Waals surface area contributed by atoms with Gasteiger partial charge in [0.25, 0.3) is 5.91 Å². The van der Waals surface area contributed by atoms with Crippen molar-refractivity contribution in [2.45, 2.75) is 53.0 Å². The lowest BCUT2D eigenvalue weighted by molar-refractivity contribution is 0.0735. The van der Waals surface area contributed by atoms with Crippen molar-refractivity contribution >= 4 is 11.7 Å². The molecule has 1 fully saturated rings. The maximum absolute atomic E-state index is 12.8. The lowest BCUT2D eigenvalue weighted by Gasteiger charge is -2.24. The minimum Gasteiger partial charge on any atom is -0.370 e. The zero-order chi connectivity index (χ0) is 15.4. The van der Waals surface area contributed by atoms with Crippen molar-refractivity contribution in [1.82, 2.24) is 9.88 Å². The Hall–Kier alpha value is -1.58. The van der Waals surface area contributed by atoms with E-state index in [0.717, 1.165) is 49.4 Å². The molecule has 0 aromatic carbocycles. The fraction of sp³-hybridized carbons (Fsp3) is 0.647. The van der Waals surface area contributed by atoms with E-state index in [-0.39, 0.29) is 5.91 Å². The van der Waals surface area contributed by atoms with Crippen LogP contribution in [0.4, 0.5) is 5.82 Å². The number of carbonyl (C=O) groups is 1. The molecule has 1 aromatic heterocycles. The molecule has 1 heterocycles. The van der Waals surface area contributed by atoms with Crippen molar-refractivity contribution < 1.29 is 4.79 Å². The molecule has 4 heteroatoms. The van der Waals surface area contributed by atoms with Crippen molar-refractivity contribution in [2.24, 2.45) is 5.92 Å². The summed E-state index contributed by atoms with van der Waals surface area (Å²) in [7, 11) is 0. The number of amides is 1. The number of hydrogen-bond donors (Lipinski definition) is 1.